The second-order valence-corrected chi connectivity index (χ2v) is 5.08. The van der Waals surface area contributed by atoms with Gasteiger partial charge in [-0.2, -0.15) is 0 Å². The van der Waals surface area contributed by atoms with E-state index in [-0.39, 0.29) is 0 Å². The monoisotopic (exact) mass is 212 g/mol. The summed E-state index contributed by atoms with van der Waals surface area (Å²) in [6.45, 7) is 10.4. The quantitative estimate of drug-likeness (QED) is 0.791. The molecule has 2 N–H and O–H groups in total. The summed E-state index contributed by atoms with van der Waals surface area (Å²) in [6, 6.07) is 0. The highest BCUT2D eigenvalue weighted by Gasteiger charge is 2.34. The fourth-order valence-corrected chi connectivity index (χ4v) is 2.16. The van der Waals surface area contributed by atoms with Crippen LogP contribution >= 0.6 is 0 Å². The molecule has 1 aromatic heterocycles. The van der Waals surface area contributed by atoms with E-state index in [9.17, 15) is 10.2 Å². The average Bonchev–Trinajstić information content (AvgIpc) is 2.22. The molecule has 0 saturated heterocycles. The van der Waals surface area contributed by atoms with E-state index in [1.54, 1.807) is 41.5 Å². The van der Waals surface area contributed by atoms with Gasteiger partial charge in [0.1, 0.15) is 11.5 Å². The molecule has 0 radical (unpaired) electrons. The molecule has 3 nitrogen and oxygen atoms in total. The molecule has 1 rings (SSSR count). The first kappa shape index (κ1) is 12.3. The first-order chi connectivity index (χ1) is 6.55. The summed E-state index contributed by atoms with van der Waals surface area (Å²) in [5, 5.41) is 20.1. The Morgan fingerprint density at radius 3 is 1.27 bits per heavy atom. The van der Waals surface area contributed by atoms with Crippen molar-refractivity contribution in [3.8, 4) is 0 Å². The minimum Gasteiger partial charge on any atom is -0.466 e. The van der Waals surface area contributed by atoms with Crippen molar-refractivity contribution in [1.29, 1.82) is 0 Å². The molecule has 0 amide bonds. The largest absolute Gasteiger partial charge is 0.466 e. The van der Waals surface area contributed by atoms with E-state index in [2.05, 4.69) is 0 Å². The molecule has 0 spiro atoms. The van der Waals surface area contributed by atoms with Gasteiger partial charge in [-0.05, 0) is 41.5 Å². The smallest absolute Gasteiger partial charge is 0.107 e. The van der Waals surface area contributed by atoms with E-state index in [0.717, 1.165) is 0 Å². The maximum atomic E-state index is 10.1. The molecule has 0 atom stereocenters. The van der Waals surface area contributed by atoms with Crippen LogP contribution in [-0.4, -0.2) is 10.2 Å². The van der Waals surface area contributed by atoms with Gasteiger partial charge >= 0.3 is 0 Å². The molecule has 0 saturated carbocycles. The Bertz CT molecular complexity index is 327. The standard InChI is InChI=1S/C12H20O3/c1-7-9(11(3,4)13)10(8(2)15-7)12(5,6)14/h13-14H,1-6H3. The number of furan rings is 1. The Labute approximate surface area is 90.7 Å². The minimum absolute atomic E-state index is 0.664. The van der Waals surface area contributed by atoms with Crippen LogP contribution in [0.5, 0.6) is 0 Å². The Morgan fingerprint density at radius 1 is 0.800 bits per heavy atom. The zero-order valence-electron chi connectivity index (χ0n) is 10.3. The van der Waals surface area contributed by atoms with E-state index in [1.165, 1.54) is 0 Å². The molecule has 0 unspecified atom stereocenters. The predicted octanol–water partition coefficient (Wildman–Crippen LogP) is 2.35. The minimum atomic E-state index is -1.00. The van der Waals surface area contributed by atoms with Crippen LogP contribution < -0.4 is 0 Å². The van der Waals surface area contributed by atoms with E-state index in [0.29, 0.717) is 22.6 Å². The van der Waals surface area contributed by atoms with Gasteiger partial charge in [0.05, 0.1) is 11.2 Å². The lowest BCUT2D eigenvalue weighted by Crippen LogP contribution is -2.25. The van der Waals surface area contributed by atoms with Crippen LogP contribution in [0.15, 0.2) is 4.42 Å². The van der Waals surface area contributed by atoms with Gasteiger partial charge < -0.3 is 14.6 Å². The second kappa shape index (κ2) is 3.35. The van der Waals surface area contributed by atoms with Crippen LogP contribution in [0.1, 0.15) is 50.3 Å². The third-order valence-corrected chi connectivity index (χ3v) is 2.48. The topological polar surface area (TPSA) is 53.6 Å². The normalized spacial score (nSPS) is 13.3. The van der Waals surface area contributed by atoms with Gasteiger partial charge in [0.25, 0.3) is 0 Å². The molecule has 15 heavy (non-hydrogen) atoms. The van der Waals surface area contributed by atoms with Crippen LogP contribution in [0.25, 0.3) is 0 Å². The van der Waals surface area contributed by atoms with E-state index < -0.39 is 11.2 Å². The van der Waals surface area contributed by atoms with Gasteiger partial charge in [0.2, 0.25) is 0 Å². The molecule has 86 valence electrons. The lowest BCUT2D eigenvalue weighted by molar-refractivity contribution is 0.0525. The highest BCUT2D eigenvalue weighted by molar-refractivity contribution is 5.40. The van der Waals surface area contributed by atoms with Crippen LogP contribution in [0.2, 0.25) is 0 Å². The van der Waals surface area contributed by atoms with Crippen molar-refractivity contribution in [2.75, 3.05) is 0 Å². The lowest BCUT2D eigenvalue weighted by atomic mass is 9.86. The van der Waals surface area contributed by atoms with E-state index in [1.807, 2.05) is 0 Å². The molecular weight excluding hydrogens is 192 g/mol. The molecule has 0 aromatic carbocycles. The average molecular weight is 212 g/mol. The fraction of sp³-hybridized carbons (Fsp3) is 0.667. The SMILES string of the molecule is Cc1oc(C)c(C(C)(C)O)c1C(C)(C)O. The highest BCUT2D eigenvalue weighted by atomic mass is 16.3. The van der Waals surface area contributed by atoms with Crippen LogP contribution in [0.3, 0.4) is 0 Å². The number of aryl methyl sites for hydroxylation is 2. The molecule has 0 aliphatic heterocycles. The first-order valence-electron chi connectivity index (χ1n) is 5.11. The number of rotatable bonds is 2. The highest BCUT2D eigenvalue weighted by Crippen LogP contribution is 2.37. The van der Waals surface area contributed by atoms with E-state index in [4.69, 9.17) is 4.42 Å². The third-order valence-electron chi connectivity index (χ3n) is 2.48. The Kier molecular flexibility index (Phi) is 2.74. The van der Waals surface area contributed by atoms with Crippen molar-refractivity contribution in [3.05, 3.63) is 22.6 Å². The Balaban J connectivity index is 3.51. The molecule has 1 aromatic rings. The zero-order chi connectivity index (χ0) is 12.0. The summed E-state index contributed by atoms with van der Waals surface area (Å²) in [5.41, 5.74) is -0.631. The number of hydrogen-bond acceptors (Lipinski definition) is 3. The molecule has 0 fully saturated rings. The molecule has 0 bridgehead atoms. The summed E-state index contributed by atoms with van der Waals surface area (Å²) in [4.78, 5) is 0. The maximum Gasteiger partial charge on any atom is 0.107 e. The van der Waals surface area contributed by atoms with Crippen LogP contribution in [0, 0.1) is 13.8 Å². The van der Waals surface area contributed by atoms with Gasteiger partial charge in [-0.1, -0.05) is 0 Å². The van der Waals surface area contributed by atoms with Crippen molar-refractivity contribution in [3.63, 3.8) is 0 Å². The number of hydrogen-bond donors (Lipinski definition) is 2. The van der Waals surface area contributed by atoms with Crippen LogP contribution in [0.4, 0.5) is 0 Å². The predicted molar refractivity (Wildman–Crippen MR) is 58.7 cm³/mol. The fourth-order valence-electron chi connectivity index (χ4n) is 2.16. The summed E-state index contributed by atoms with van der Waals surface area (Å²) in [6.07, 6.45) is 0. The summed E-state index contributed by atoms with van der Waals surface area (Å²) >= 11 is 0. The first-order valence-corrected chi connectivity index (χ1v) is 5.11. The molecule has 3 heteroatoms. The summed E-state index contributed by atoms with van der Waals surface area (Å²) in [5.74, 6) is 1.33. The van der Waals surface area contributed by atoms with Gasteiger partial charge in [-0.25, -0.2) is 0 Å². The molecular formula is C12H20O3. The van der Waals surface area contributed by atoms with Crippen molar-refractivity contribution >= 4 is 0 Å². The Morgan fingerprint density at radius 2 is 1.07 bits per heavy atom. The van der Waals surface area contributed by atoms with Crippen molar-refractivity contribution < 1.29 is 14.6 Å². The zero-order valence-corrected chi connectivity index (χ0v) is 10.3. The van der Waals surface area contributed by atoms with Gasteiger partial charge in [-0.15, -0.1) is 0 Å². The summed E-state index contributed by atoms with van der Waals surface area (Å²) in [7, 11) is 0. The van der Waals surface area contributed by atoms with Crippen molar-refractivity contribution in [2.45, 2.75) is 52.7 Å². The number of aliphatic hydroxyl groups is 2. The van der Waals surface area contributed by atoms with Crippen molar-refractivity contribution in [1.82, 2.24) is 0 Å². The summed E-state index contributed by atoms with van der Waals surface area (Å²) < 4.78 is 5.48. The molecule has 0 aliphatic carbocycles. The van der Waals surface area contributed by atoms with Gasteiger partial charge in [0, 0.05) is 11.1 Å². The lowest BCUT2D eigenvalue weighted by Gasteiger charge is -2.25. The van der Waals surface area contributed by atoms with E-state index >= 15 is 0 Å². The van der Waals surface area contributed by atoms with Gasteiger partial charge in [0.15, 0.2) is 0 Å². The molecule has 1 heterocycles. The second-order valence-electron chi connectivity index (χ2n) is 5.08. The van der Waals surface area contributed by atoms with Crippen LogP contribution in [-0.2, 0) is 11.2 Å². The maximum absolute atomic E-state index is 10.1. The Hall–Kier alpha value is -0.800. The van der Waals surface area contributed by atoms with Gasteiger partial charge in [-0.3, -0.25) is 0 Å². The molecule has 0 aliphatic rings. The van der Waals surface area contributed by atoms with Crippen molar-refractivity contribution in [2.24, 2.45) is 0 Å². The third kappa shape index (κ3) is 2.24.